The Morgan fingerprint density at radius 1 is 1.00 bits per heavy atom. The van der Waals surface area contributed by atoms with E-state index in [0.29, 0.717) is 17.0 Å². The molecule has 2 atom stereocenters. The molecule has 3 aromatic carbocycles. The Balaban J connectivity index is 1.76. The summed E-state index contributed by atoms with van der Waals surface area (Å²) < 4.78 is 7.17. The molecule has 0 saturated heterocycles. The zero-order chi connectivity index (χ0) is 23.8. The molecule has 1 aliphatic heterocycles. The van der Waals surface area contributed by atoms with E-state index in [-0.39, 0.29) is 24.7 Å². The van der Waals surface area contributed by atoms with Gasteiger partial charge in [0.1, 0.15) is 0 Å². The van der Waals surface area contributed by atoms with Crippen molar-refractivity contribution in [3.05, 3.63) is 83.9 Å². The van der Waals surface area contributed by atoms with Gasteiger partial charge in [-0.2, -0.15) is 0 Å². The summed E-state index contributed by atoms with van der Waals surface area (Å²) in [5.41, 5.74) is 2.76. The first-order valence-corrected chi connectivity index (χ1v) is 11.0. The van der Waals surface area contributed by atoms with Gasteiger partial charge in [-0.15, -0.1) is 0 Å². The number of ether oxygens (including phenoxy) is 1. The van der Waals surface area contributed by atoms with Crippen LogP contribution in [0, 0.1) is 5.92 Å². The van der Waals surface area contributed by atoms with Crippen LogP contribution >= 0.6 is 0 Å². The highest BCUT2D eigenvalue weighted by Crippen LogP contribution is 2.43. The lowest BCUT2D eigenvalue weighted by Crippen LogP contribution is -2.49. The third-order valence-electron chi connectivity index (χ3n) is 6.01. The van der Waals surface area contributed by atoms with Crippen LogP contribution in [0.2, 0.25) is 0 Å². The van der Waals surface area contributed by atoms with Gasteiger partial charge in [0.05, 0.1) is 30.2 Å². The van der Waals surface area contributed by atoms with Crippen molar-refractivity contribution >= 4 is 28.9 Å². The van der Waals surface area contributed by atoms with Crippen molar-refractivity contribution in [2.45, 2.75) is 19.5 Å². The molecule has 0 aliphatic carbocycles. The van der Waals surface area contributed by atoms with Crippen LogP contribution in [0.15, 0.2) is 72.8 Å². The number of imidazole rings is 1. The number of hydrogen-bond acceptors (Lipinski definition) is 6. The second kappa shape index (κ2) is 8.55. The molecule has 34 heavy (non-hydrogen) atoms. The van der Waals surface area contributed by atoms with Crippen molar-refractivity contribution in [2.75, 3.05) is 11.5 Å². The Morgan fingerprint density at radius 2 is 1.74 bits per heavy atom. The van der Waals surface area contributed by atoms with Crippen molar-refractivity contribution < 1.29 is 24.5 Å². The number of hydrogen-bond donors (Lipinski definition) is 2. The number of carbonyl (C=O) groups excluding carboxylic acids is 2. The lowest BCUT2D eigenvalue weighted by Gasteiger charge is -2.38. The Bertz CT molecular complexity index is 1380. The quantitative estimate of drug-likeness (QED) is 0.269. The van der Waals surface area contributed by atoms with E-state index in [4.69, 9.17) is 9.72 Å². The number of phenolic OH excluding ortho intramolecular Hbond substituents is 2. The number of benzene rings is 3. The summed E-state index contributed by atoms with van der Waals surface area (Å²) in [6, 6.07) is 20.4. The van der Waals surface area contributed by atoms with E-state index in [1.807, 2.05) is 59.2 Å². The van der Waals surface area contributed by atoms with E-state index in [2.05, 4.69) is 0 Å². The summed E-state index contributed by atoms with van der Waals surface area (Å²) >= 11 is 0. The number of rotatable bonds is 5. The molecule has 1 amide bonds. The Kier molecular flexibility index (Phi) is 5.41. The lowest BCUT2D eigenvalue weighted by atomic mass is 9.89. The fourth-order valence-corrected chi connectivity index (χ4v) is 4.49. The molecule has 2 unspecified atom stereocenters. The van der Waals surface area contributed by atoms with Gasteiger partial charge in [0.25, 0.3) is 0 Å². The average Bonchev–Trinajstić information content (AvgIpc) is 3.22. The number of esters is 1. The van der Waals surface area contributed by atoms with Gasteiger partial charge in [0.2, 0.25) is 11.9 Å². The van der Waals surface area contributed by atoms with Crippen molar-refractivity contribution in [2.24, 2.45) is 5.92 Å². The van der Waals surface area contributed by atoms with Crippen LogP contribution < -0.4 is 4.90 Å². The summed E-state index contributed by atoms with van der Waals surface area (Å²) in [6.07, 6.45) is 0. The zero-order valence-electron chi connectivity index (χ0n) is 18.5. The second-order valence-corrected chi connectivity index (χ2v) is 8.10. The standard InChI is InChI=1S/C26H23N3O5/c1-2-34-25(33)22-23(17-12-13-20(30)21(31)14-17)29-19-11-7-6-10-18(19)27-26(29)28(24(22)32)15-16-8-4-3-5-9-16/h3-14,22-23,30-31H,2,15H2,1H3. The second-order valence-electron chi connectivity index (χ2n) is 8.10. The molecule has 0 bridgehead atoms. The first kappa shape index (κ1) is 21.5. The van der Waals surface area contributed by atoms with Crippen molar-refractivity contribution in [1.82, 2.24) is 9.55 Å². The van der Waals surface area contributed by atoms with E-state index in [1.165, 1.54) is 17.0 Å². The van der Waals surface area contributed by atoms with E-state index >= 15 is 0 Å². The number of aromatic nitrogens is 2. The molecule has 2 heterocycles. The number of aromatic hydroxyl groups is 2. The Morgan fingerprint density at radius 3 is 2.47 bits per heavy atom. The molecular weight excluding hydrogens is 434 g/mol. The highest BCUT2D eigenvalue weighted by atomic mass is 16.5. The van der Waals surface area contributed by atoms with E-state index in [1.54, 1.807) is 13.0 Å². The van der Waals surface area contributed by atoms with Gasteiger partial charge in [0.15, 0.2) is 17.4 Å². The molecule has 0 fully saturated rings. The monoisotopic (exact) mass is 457 g/mol. The van der Waals surface area contributed by atoms with Gasteiger partial charge in [-0.05, 0) is 42.3 Å². The number of amides is 1. The van der Waals surface area contributed by atoms with E-state index in [0.717, 1.165) is 11.1 Å². The maximum absolute atomic E-state index is 13.9. The Labute approximate surface area is 195 Å². The minimum atomic E-state index is -1.21. The number of para-hydroxylation sites is 2. The fourth-order valence-electron chi connectivity index (χ4n) is 4.49. The molecule has 8 heteroatoms. The number of carbonyl (C=O) groups is 2. The van der Waals surface area contributed by atoms with Crippen molar-refractivity contribution in [3.63, 3.8) is 0 Å². The number of nitrogens with zero attached hydrogens (tertiary/aromatic N) is 3. The van der Waals surface area contributed by atoms with Gasteiger partial charge in [-0.1, -0.05) is 48.5 Å². The summed E-state index contributed by atoms with van der Waals surface area (Å²) in [6.45, 7) is 2.03. The molecule has 5 rings (SSSR count). The van der Waals surface area contributed by atoms with E-state index < -0.39 is 23.8 Å². The van der Waals surface area contributed by atoms with Crippen LogP contribution in [0.5, 0.6) is 11.5 Å². The smallest absolute Gasteiger partial charge is 0.321 e. The lowest BCUT2D eigenvalue weighted by molar-refractivity contribution is -0.153. The molecule has 2 N–H and O–H groups in total. The van der Waals surface area contributed by atoms with Crippen LogP contribution in [0.25, 0.3) is 11.0 Å². The van der Waals surface area contributed by atoms with Crippen LogP contribution in [0.3, 0.4) is 0 Å². The van der Waals surface area contributed by atoms with Crippen LogP contribution in [-0.4, -0.2) is 38.2 Å². The summed E-state index contributed by atoms with van der Waals surface area (Å²) in [7, 11) is 0. The van der Waals surface area contributed by atoms with Gasteiger partial charge < -0.3 is 19.5 Å². The zero-order valence-corrected chi connectivity index (χ0v) is 18.5. The first-order chi connectivity index (χ1) is 16.5. The molecule has 0 spiro atoms. The highest BCUT2D eigenvalue weighted by Gasteiger charge is 2.48. The molecule has 4 aromatic rings. The predicted molar refractivity (Wildman–Crippen MR) is 125 cm³/mol. The van der Waals surface area contributed by atoms with Gasteiger partial charge in [-0.25, -0.2) is 4.98 Å². The van der Waals surface area contributed by atoms with Gasteiger partial charge in [-0.3, -0.25) is 14.5 Å². The van der Waals surface area contributed by atoms with Crippen LogP contribution in [0.4, 0.5) is 5.95 Å². The largest absolute Gasteiger partial charge is 0.504 e. The topological polar surface area (TPSA) is 105 Å². The summed E-state index contributed by atoms with van der Waals surface area (Å²) in [5.74, 6) is -2.55. The predicted octanol–water partition coefficient (Wildman–Crippen LogP) is 3.76. The van der Waals surface area contributed by atoms with Gasteiger partial charge >= 0.3 is 5.97 Å². The molecule has 0 radical (unpaired) electrons. The van der Waals surface area contributed by atoms with Crippen LogP contribution in [-0.2, 0) is 20.9 Å². The SMILES string of the molecule is CCOC(=O)C1C(=O)N(Cc2ccccc2)c2nc3ccccc3n2C1c1ccc(O)c(O)c1. The number of phenols is 2. The minimum absolute atomic E-state index is 0.117. The molecule has 1 aliphatic rings. The van der Waals surface area contributed by atoms with Crippen LogP contribution in [0.1, 0.15) is 24.1 Å². The third kappa shape index (κ3) is 3.53. The fraction of sp³-hybridized carbons (Fsp3) is 0.192. The average molecular weight is 457 g/mol. The minimum Gasteiger partial charge on any atom is -0.504 e. The molecule has 8 nitrogen and oxygen atoms in total. The van der Waals surface area contributed by atoms with Crippen molar-refractivity contribution in [1.29, 1.82) is 0 Å². The highest BCUT2D eigenvalue weighted by molar-refractivity contribution is 6.08. The van der Waals surface area contributed by atoms with E-state index in [9.17, 15) is 19.8 Å². The maximum atomic E-state index is 13.9. The Hall–Kier alpha value is -4.33. The summed E-state index contributed by atoms with van der Waals surface area (Å²) in [5, 5.41) is 20.0. The number of fused-ring (bicyclic) bond motifs is 3. The molecular formula is C26H23N3O5. The van der Waals surface area contributed by atoms with Crippen molar-refractivity contribution in [3.8, 4) is 11.5 Å². The summed E-state index contributed by atoms with van der Waals surface area (Å²) in [4.78, 5) is 33.3. The normalized spacial score (nSPS) is 17.6. The maximum Gasteiger partial charge on any atom is 0.321 e. The molecule has 0 saturated carbocycles. The third-order valence-corrected chi connectivity index (χ3v) is 6.01. The van der Waals surface area contributed by atoms with Gasteiger partial charge in [0, 0.05) is 0 Å². The first-order valence-electron chi connectivity index (χ1n) is 11.0. The molecule has 1 aromatic heterocycles. The number of anilines is 1. The molecule has 172 valence electrons.